The molecule has 1 aliphatic carbocycles. The highest BCUT2D eigenvalue weighted by Gasteiger charge is 2.32. The number of hydrogen-bond acceptors (Lipinski definition) is 1. The van der Waals surface area contributed by atoms with Crippen molar-refractivity contribution in [2.24, 2.45) is 5.41 Å². The molecule has 0 unspecified atom stereocenters. The SMILES string of the molecule is [CH]1CCC2(CC1)CCCNC2. The fraction of sp³-hybridized carbons (Fsp3) is 0.900. The van der Waals surface area contributed by atoms with Gasteiger partial charge in [-0.15, -0.1) is 0 Å². The highest BCUT2D eigenvalue weighted by molar-refractivity contribution is 4.91. The monoisotopic (exact) mass is 152 g/mol. The van der Waals surface area contributed by atoms with E-state index in [2.05, 4.69) is 11.7 Å². The Morgan fingerprint density at radius 1 is 1.09 bits per heavy atom. The Labute approximate surface area is 69.6 Å². The molecule has 1 nitrogen and oxygen atoms in total. The minimum Gasteiger partial charge on any atom is -0.316 e. The summed E-state index contributed by atoms with van der Waals surface area (Å²) in [4.78, 5) is 0. The molecule has 0 amide bonds. The second-order valence-electron chi connectivity index (χ2n) is 4.15. The Bertz CT molecular complexity index is 99.3. The molecule has 11 heavy (non-hydrogen) atoms. The summed E-state index contributed by atoms with van der Waals surface area (Å²) in [6.45, 7) is 2.55. The molecule has 0 atom stereocenters. The van der Waals surface area contributed by atoms with Gasteiger partial charge in [0.05, 0.1) is 0 Å². The fourth-order valence-corrected chi connectivity index (χ4v) is 2.54. The van der Waals surface area contributed by atoms with Crippen molar-refractivity contribution in [2.45, 2.75) is 38.5 Å². The summed E-state index contributed by atoms with van der Waals surface area (Å²) in [5.74, 6) is 0. The van der Waals surface area contributed by atoms with Crippen molar-refractivity contribution in [3.8, 4) is 0 Å². The second kappa shape index (κ2) is 3.14. The zero-order valence-electron chi connectivity index (χ0n) is 7.23. The minimum absolute atomic E-state index is 0.715. The summed E-state index contributed by atoms with van der Waals surface area (Å²) in [7, 11) is 0. The van der Waals surface area contributed by atoms with E-state index >= 15 is 0 Å². The summed E-state index contributed by atoms with van der Waals surface area (Å²) in [6, 6.07) is 0. The van der Waals surface area contributed by atoms with Crippen LogP contribution in [0.25, 0.3) is 0 Å². The molecular weight excluding hydrogens is 134 g/mol. The van der Waals surface area contributed by atoms with Crippen molar-refractivity contribution in [1.82, 2.24) is 5.32 Å². The first-order valence-corrected chi connectivity index (χ1v) is 4.94. The quantitative estimate of drug-likeness (QED) is 0.560. The molecule has 1 saturated heterocycles. The van der Waals surface area contributed by atoms with Crippen LogP contribution in [0.3, 0.4) is 0 Å². The molecule has 2 aliphatic rings. The van der Waals surface area contributed by atoms with Gasteiger partial charge in [-0.3, -0.25) is 0 Å². The van der Waals surface area contributed by atoms with Gasteiger partial charge in [0, 0.05) is 6.54 Å². The van der Waals surface area contributed by atoms with Gasteiger partial charge in [-0.05, 0) is 56.9 Å². The Hall–Kier alpha value is -0.0400. The third-order valence-corrected chi connectivity index (χ3v) is 3.32. The highest BCUT2D eigenvalue weighted by Crippen LogP contribution is 2.40. The molecule has 0 aromatic heterocycles. The summed E-state index contributed by atoms with van der Waals surface area (Å²) in [5.41, 5.74) is 0.715. The molecule has 0 bridgehead atoms. The lowest BCUT2D eigenvalue weighted by molar-refractivity contribution is 0.157. The van der Waals surface area contributed by atoms with Crippen LogP contribution in [-0.4, -0.2) is 13.1 Å². The summed E-state index contributed by atoms with van der Waals surface area (Å²) in [5, 5.41) is 3.53. The van der Waals surface area contributed by atoms with Gasteiger partial charge >= 0.3 is 0 Å². The molecule has 1 aliphatic heterocycles. The Balaban J connectivity index is 1.94. The molecule has 1 saturated carbocycles. The van der Waals surface area contributed by atoms with Crippen molar-refractivity contribution in [3.63, 3.8) is 0 Å². The molecule has 2 fully saturated rings. The standard InChI is InChI=1S/C10H18N/c1-2-5-10(6-3-1)7-4-8-11-9-10/h1,11H,2-9H2. The van der Waals surface area contributed by atoms with E-state index in [0.29, 0.717) is 5.41 Å². The Morgan fingerprint density at radius 3 is 2.55 bits per heavy atom. The third kappa shape index (κ3) is 1.58. The van der Waals surface area contributed by atoms with Gasteiger partial charge in [-0.25, -0.2) is 0 Å². The Morgan fingerprint density at radius 2 is 1.91 bits per heavy atom. The molecule has 63 valence electrons. The average molecular weight is 152 g/mol. The second-order valence-corrected chi connectivity index (χ2v) is 4.15. The maximum absolute atomic E-state index is 3.53. The van der Waals surface area contributed by atoms with E-state index in [9.17, 15) is 0 Å². The van der Waals surface area contributed by atoms with Gasteiger partial charge in [-0.2, -0.15) is 0 Å². The van der Waals surface area contributed by atoms with Gasteiger partial charge in [0.15, 0.2) is 0 Å². The van der Waals surface area contributed by atoms with Crippen LogP contribution in [0.5, 0.6) is 0 Å². The van der Waals surface area contributed by atoms with Gasteiger partial charge in [0.2, 0.25) is 0 Å². The van der Waals surface area contributed by atoms with E-state index in [1.165, 1.54) is 51.6 Å². The van der Waals surface area contributed by atoms with E-state index in [0.717, 1.165) is 0 Å². The van der Waals surface area contributed by atoms with Crippen LogP contribution in [0.15, 0.2) is 0 Å². The van der Waals surface area contributed by atoms with Crippen molar-refractivity contribution in [3.05, 3.63) is 6.42 Å². The lowest BCUT2D eigenvalue weighted by Crippen LogP contribution is -2.41. The first-order chi connectivity index (χ1) is 5.41. The summed E-state index contributed by atoms with van der Waals surface area (Å²) < 4.78 is 0. The molecule has 1 heterocycles. The first kappa shape index (κ1) is 7.60. The van der Waals surface area contributed by atoms with Crippen LogP contribution in [0, 0.1) is 11.8 Å². The number of piperidine rings is 1. The van der Waals surface area contributed by atoms with Crippen molar-refractivity contribution < 1.29 is 0 Å². The highest BCUT2D eigenvalue weighted by atomic mass is 14.9. The molecular formula is C10H18N. The lowest BCUT2D eigenvalue weighted by atomic mass is 9.70. The van der Waals surface area contributed by atoms with E-state index < -0.39 is 0 Å². The van der Waals surface area contributed by atoms with Gasteiger partial charge in [0.25, 0.3) is 0 Å². The minimum atomic E-state index is 0.715. The van der Waals surface area contributed by atoms with E-state index in [1.807, 2.05) is 0 Å². The average Bonchev–Trinajstić information content (AvgIpc) is 2.07. The van der Waals surface area contributed by atoms with Crippen LogP contribution < -0.4 is 5.32 Å². The predicted octanol–water partition coefficient (Wildman–Crippen LogP) is 2.13. The number of hydrogen-bond donors (Lipinski definition) is 1. The van der Waals surface area contributed by atoms with Gasteiger partial charge < -0.3 is 5.32 Å². The number of rotatable bonds is 0. The molecule has 1 radical (unpaired) electrons. The Kier molecular flexibility index (Phi) is 2.17. The zero-order valence-corrected chi connectivity index (χ0v) is 7.23. The normalized spacial score (nSPS) is 30.5. The molecule has 0 aromatic carbocycles. The third-order valence-electron chi connectivity index (χ3n) is 3.32. The molecule has 1 spiro atoms. The zero-order chi connectivity index (χ0) is 7.57. The maximum Gasteiger partial charge on any atom is 0.000782 e. The maximum atomic E-state index is 3.53. The lowest BCUT2D eigenvalue weighted by Gasteiger charge is -2.40. The molecule has 1 N–H and O–H groups in total. The largest absolute Gasteiger partial charge is 0.316 e. The van der Waals surface area contributed by atoms with Crippen molar-refractivity contribution in [2.75, 3.05) is 13.1 Å². The first-order valence-electron chi connectivity index (χ1n) is 4.94. The topological polar surface area (TPSA) is 12.0 Å². The van der Waals surface area contributed by atoms with Crippen LogP contribution >= 0.6 is 0 Å². The van der Waals surface area contributed by atoms with Crippen LogP contribution in [0.2, 0.25) is 0 Å². The van der Waals surface area contributed by atoms with Crippen molar-refractivity contribution >= 4 is 0 Å². The molecule has 1 heteroatoms. The molecule has 0 aromatic rings. The van der Waals surface area contributed by atoms with Crippen LogP contribution in [0.1, 0.15) is 38.5 Å². The van der Waals surface area contributed by atoms with E-state index in [4.69, 9.17) is 0 Å². The van der Waals surface area contributed by atoms with Crippen LogP contribution in [0.4, 0.5) is 0 Å². The van der Waals surface area contributed by atoms with Gasteiger partial charge in [0.1, 0.15) is 0 Å². The van der Waals surface area contributed by atoms with Crippen molar-refractivity contribution in [1.29, 1.82) is 0 Å². The summed E-state index contributed by atoms with van der Waals surface area (Å²) in [6.07, 6.45) is 11.0. The van der Waals surface area contributed by atoms with Crippen LogP contribution in [-0.2, 0) is 0 Å². The van der Waals surface area contributed by atoms with Gasteiger partial charge in [-0.1, -0.05) is 0 Å². The number of nitrogens with one attached hydrogen (secondary N) is 1. The van der Waals surface area contributed by atoms with E-state index in [1.54, 1.807) is 0 Å². The van der Waals surface area contributed by atoms with E-state index in [-0.39, 0.29) is 0 Å². The predicted molar refractivity (Wildman–Crippen MR) is 47.3 cm³/mol. The smallest absolute Gasteiger partial charge is 0.000782 e. The fourth-order valence-electron chi connectivity index (χ4n) is 2.54. The summed E-state index contributed by atoms with van der Waals surface area (Å²) >= 11 is 0. The molecule has 2 rings (SSSR count).